The number of fused-ring (bicyclic) bond motifs is 1. The lowest BCUT2D eigenvalue weighted by molar-refractivity contribution is 0.0211. The van der Waals surface area contributed by atoms with Crippen molar-refractivity contribution in [2.45, 2.75) is 45.9 Å². The van der Waals surface area contributed by atoms with Crippen LogP contribution in [0.1, 0.15) is 31.9 Å². The van der Waals surface area contributed by atoms with Crippen molar-refractivity contribution < 1.29 is 14.2 Å². The minimum Gasteiger partial charge on any atom is -0.496 e. The van der Waals surface area contributed by atoms with Crippen molar-refractivity contribution in [2.24, 2.45) is 4.99 Å². The van der Waals surface area contributed by atoms with Crippen LogP contribution in [0, 0.1) is 0 Å². The summed E-state index contributed by atoms with van der Waals surface area (Å²) in [6, 6.07) is 4.59. The lowest BCUT2D eigenvalue weighted by Gasteiger charge is -2.32. The van der Waals surface area contributed by atoms with Crippen LogP contribution in [0.4, 0.5) is 0 Å². The Hall–Kier alpha value is -1.26. The molecule has 1 fully saturated rings. The number of ether oxygens (including phenoxy) is 3. The maximum Gasteiger partial charge on any atom is 0.191 e. The van der Waals surface area contributed by atoms with Crippen molar-refractivity contribution in [3.63, 3.8) is 0 Å². The molecule has 2 aliphatic heterocycles. The molecule has 1 aromatic carbocycles. The molecular weight excluding hydrogens is 483 g/mol. The summed E-state index contributed by atoms with van der Waals surface area (Å²) < 4.78 is 16.9. The van der Waals surface area contributed by atoms with E-state index in [9.17, 15) is 0 Å². The number of nitrogens with one attached hydrogen (secondary N) is 2. The summed E-state index contributed by atoms with van der Waals surface area (Å²) in [7, 11) is 1.71. The van der Waals surface area contributed by atoms with E-state index in [-0.39, 0.29) is 30.1 Å². The standard InChI is InChI=1S/C21H34N4O3.HI/c1-5-22-21(23-13-15(2)25-6-8-27-9-7-25)24-14-18-12-20-17(10-16(3)28-20)11-19(18)26-4;/h11-12,15-16H,5-10,13-14H2,1-4H3,(H2,22,23,24);1H. The highest BCUT2D eigenvalue weighted by Gasteiger charge is 2.22. The van der Waals surface area contributed by atoms with E-state index < -0.39 is 0 Å². The summed E-state index contributed by atoms with van der Waals surface area (Å²) >= 11 is 0. The average Bonchev–Trinajstić information content (AvgIpc) is 3.08. The monoisotopic (exact) mass is 518 g/mol. The van der Waals surface area contributed by atoms with Gasteiger partial charge < -0.3 is 24.8 Å². The molecule has 3 rings (SSSR count). The van der Waals surface area contributed by atoms with Gasteiger partial charge in [0.15, 0.2) is 5.96 Å². The van der Waals surface area contributed by atoms with Gasteiger partial charge in [-0.05, 0) is 32.9 Å². The van der Waals surface area contributed by atoms with Crippen LogP contribution >= 0.6 is 24.0 Å². The molecular formula is C21H35IN4O3. The Morgan fingerprint density at radius 1 is 1.31 bits per heavy atom. The second-order valence-corrected chi connectivity index (χ2v) is 7.48. The first-order valence-corrected chi connectivity index (χ1v) is 10.3. The van der Waals surface area contributed by atoms with E-state index >= 15 is 0 Å². The van der Waals surface area contributed by atoms with Crippen molar-refractivity contribution in [3.8, 4) is 11.5 Å². The first kappa shape index (κ1) is 24.0. The van der Waals surface area contributed by atoms with E-state index in [1.165, 1.54) is 5.56 Å². The fourth-order valence-electron chi connectivity index (χ4n) is 3.69. The van der Waals surface area contributed by atoms with Crippen LogP contribution in [0.5, 0.6) is 11.5 Å². The van der Waals surface area contributed by atoms with Gasteiger partial charge >= 0.3 is 0 Å². The number of aliphatic imine (C=N–C) groups is 1. The first-order valence-electron chi connectivity index (χ1n) is 10.3. The van der Waals surface area contributed by atoms with Gasteiger partial charge in [0.25, 0.3) is 0 Å². The van der Waals surface area contributed by atoms with Gasteiger partial charge in [-0.25, -0.2) is 4.99 Å². The zero-order valence-corrected chi connectivity index (χ0v) is 20.3. The van der Waals surface area contributed by atoms with Gasteiger partial charge in [0.2, 0.25) is 0 Å². The van der Waals surface area contributed by atoms with E-state index in [0.29, 0.717) is 12.6 Å². The Morgan fingerprint density at radius 2 is 2.07 bits per heavy atom. The van der Waals surface area contributed by atoms with Crippen LogP contribution in [0.2, 0.25) is 0 Å². The Kier molecular flexibility index (Phi) is 9.78. The van der Waals surface area contributed by atoms with E-state index in [4.69, 9.17) is 19.2 Å². The zero-order valence-electron chi connectivity index (χ0n) is 18.0. The molecule has 7 nitrogen and oxygen atoms in total. The van der Waals surface area contributed by atoms with Crippen LogP contribution in [0.3, 0.4) is 0 Å². The predicted molar refractivity (Wildman–Crippen MR) is 127 cm³/mol. The number of rotatable bonds is 7. The van der Waals surface area contributed by atoms with Crippen molar-refractivity contribution in [2.75, 3.05) is 46.5 Å². The van der Waals surface area contributed by atoms with Crippen molar-refractivity contribution in [3.05, 3.63) is 23.3 Å². The molecule has 2 atom stereocenters. The van der Waals surface area contributed by atoms with Crippen LogP contribution < -0.4 is 20.1 Å². The van der Waals surface area contributed by atoms with Crippen LogP contribution in [-0.4, -0.2) is 69.5 Å². The van der Waals surface area contributed by atoms with Crippen molar-refractivity contribution in [1.82, 2.24) is 15.5 Å². The number of methoxy groups -OCH3 is 1. The molecule has 0 bridgehead atoms. The molecule has 2 N–H and O–H groups in total. The summed E-state index contributed by atoms with van der Waals surface area (Å²) in [5.74, 6) is 2.65. The number of benzene rings is 1. The molecule has 2 aliphatic rings. The molecule has 0 saturated carbocycles. The van der Waals surface area contributed by atoms with Gasteiger partial charge in [-0.3, -0.25) is 4.90 Å². The molecule has 0 radical (unpaired) electrons. The molecule has 2 unspecified atom stereocenters. The van der Waals surface area contributed by atoms with Gasteiger partial charge in [-0.1, -0.05) is 0 Å². The highest BCUT2D eigenvalue weighted by molar-refractivity contribution is 14.0. The van der Waals surface area contributed by atoms with Crippen LogP contribution in [-0.2, 0) is 17.7 Å². The normalized spacial score (nSPS) is 20.3. The number of hydrogen-bond donors (Lipinski definition) is 2. The quantitative estimate of drug-likeness (QED) is 0.329. The van der Waals surface area contributed by atoms with E-state index in [2.05, 4.69) is 48.4 Å². The highest BCUT2D eigenvalue weighted by Crippen LogP contribution is 2.35. The average molecular weight is 518 g/mol. The third-order valence-electron chi connectivity index (χ3n) is 5.28. The molecule has 0 spiro atoms. The second-order valence-electron chi connectivity index (χ2n) is 7.48. The Morgan fingerprint density at radius 3 is 2.76 bits per heavy atom. The maximum absolute atomic E-state index is 5.90. The van der Waals surface area contributed by atoms with E-state index in [1.807, 2.05) is 0 Å². The summed E-state index contributed by atoms with van der Waals surface area (Å²) in [4.78, 5) is 7.22. The fraction of sp³-hybridized carbons (Fsp3) is 0.667. The number of hydrogen-bond acceptors (Lipinski definition) is 5. The molecule has 0 aliphatic carbocycles. The number of nitrogens with zero attached hydrogens (tertiary/aromatic N) is 2. The molecule has 164 valence electrons. The molecule has 29 heavy (non-hydrogen) atoms. The van der Waals surface area contributed by atoms with Gasteiger partial charge in [0.05, 0.1) is 26.9 Å². The topological polar surface area (TPSA) is 67.4 Å². The Balaban J connectivity index is 0.00000300. The smallest absolute Gasteiger partial charge is 0.191 e. The predicted octanol–water partition coefficient (Wildman–Crippen LogP) is 2.41. The van der Waals surface area contributed by atoms with Crippen LogP contribution in [0.15, 0.2) is 17.1 Å². The summed E-state index contributed by atoms with van der Waals surface area (Å²) in [6.45, 7) is 12.2. The molecule has 1 aromatic rings. The number of morpholine rings is 1. The van der Waals surface area contributed by atoms with Gasteiger partial charge in [-0.2, -0.15) is 0 Å². The minimum atomic E-state index is 0. The fourth-order valence-corrected chi connectivity index (χ4v) is 3.69. The number of guanidine groups is 1. The van der Waals surface area contributed by atoms with E-state index in [0.717, 1.165) is 68.8 Å². The summed E-state index contributed by atoms with van der Waals surface area (Å²) in [5, 5.41) is 6.80. The molecule has 0 amide bonds. The molecule has 8 heteroatoms. The lowest BCUT2D eigenvalue weighted by Crippen LogP contribution is -2.49. The minimum absolute atomic E-state index is 0. The van der Waals surface area contributed by atoms with E-state index in [1.54, 1.807) is 7.11 Å². The third kappa shape index (κ3) is 6.62. The van der Waals surface area contributed by atoms with Gasteiger partial charge in [0, 0.05) is 49.8 Å². The molecule has 1 saturated heterocycles. The number of halogens is 1. The SMILES string of the molecule is CCNC(=NCc1cc2c(cc1OC)CC(C)O2)NCC(C)N1CCOCC1.I. The summed E-state index contributed by atoms with van der Waals surface area (Å²) in [5.41, 5.74) is 2.25. The summed E-state index contributed by atoms with van der Waals surface area (Å²) in [6.07, 6.45) is 1.15. The molecule has 0 aromatic heterocycles. The van der Waals surface area contributed by atoms with Crippen molar-refractivity contribution in [1.29, 1.82) is 0 Å². The van der Waals surface area contributed by atoms with Crippen LogP contribution in [0.25, 0.3) is 0 Å². The first-order chi connectivity index (χ1) is 13.6. The Labute approximate surface area is 191 Å². The van der Waals surface area contributed by atoms with Gasteiger partial charge in [-0.15, -0.1) is 24.0 Å². The maximum atomic E-state index is 5.90. The van der Waals surface area contributed by atoms with Gasteiger partial charge in [0.1, 0.15) is 17.6 Å². The lowest BCUT2D eigenvalue weighted by atomic mass is 10.1. The zero-order chi connectivity index (χ0) is 19.9. The Bertz CT molecular complexity index is 680. The van der Waals surface area contributed by atoms with Crippen molar-refractivity contribution >= 4 is 29.9 Å². The largest absolute Gasteiger partial charge is 0.496 e. The third-order valence-corrected chi connectivity index (χ3v) is 5.28. The second kappa shape index (κ2) is 11.8. The molecule has 2 heterocycles. The highest BCUT2D eigenvalue weighted by atomic mass is 127.